The number of ether oxygens (including phenoxy) is 12. The maximum Gasteiger partial charge on any atom is 0.0701 e. The van der Waals surface area contributed by atoms with Gasteiger partial charge in [0.15, 0.2) is 0 Å². The summed E-state index contributed by atoms with van der Waals surface area (Å²) in [7, 11) is 0. The molecule has 0 aliphatic carbocycles. The van der Waals surface area contributed by atoms with E-state index in [1.54, 1.807) is 0 Å². The van der Waals surface area contributed by atoms with Crippen LogP contribution < -0.4 is 5.32 Å². The predicted molar refractivity (Wildman–Crippen MR) is 157 cm³/mol. The third kappa shape index (κ3) is 41.4. The first-order valence-electron chi connectivity index (χ1n) is 15.3. The summed E-state index contributed by atoms with van der Waals surface area (Å²) in [6.07, 6.45) is 0. The Labute approximate surface area is 257 Å². The molecule has 0 aliphatic rings. The summed E-state index contributed by atoms with van der Waals surface area (Å²) in [5.74, 6) is 0. The van der Waals surface area contributed by atoms with E-state index < -0.39 is 0 Å². The molecule has 0 saturated heterocycles. The van der Waals surface area contributed by atoms with Gasteiger partial charge in [-0.15, -0.1) is 0 Å². The standard InChI is InChI=1S/C28H59NO14/c30-3-7-34-11-15-38-19-23-40-21-17-36-13-9-32-5-1-29-2-6-33-10-14-37-18-22-41-25-27-43-28-26-42-24-20-39-16-12-35-8-4-31/h29-31H,1-28H2. The number of aliphatic hydroxyl groups excluding tert-OH is 2. The molecule has 0 bridgehead atoms. The third-order valence-electron chi connectivity index (χ3n) is 5.04. The van der Waals surface area contributed by atoms with Crippen molar-refractivity contribution < 1.29 is 67.1 Å². The second-order valence-electron chi connectivity index (χ2n) is 8.55. The molecule has 0 rings (SSSR count). The van der Waals surface area contributed by atoms with Gasteiger partial charge < -0.3 is 72.4 Å². The van der Waals surface area contributed by atoms with Crippen molar-refractivity contribution in [3.63, 3.8) is 0 Å². The summed E-state index contributed by atoms with van der Waals surface area (Å²) >= 11 is 0. The van der Waals surface area contributed by atoms with Crippen molar-refractivity contribution in [1.82, 2.24) is 5.32 Å². The Morgan fingerprint density at radius 2 is 0.395 bits per heavy atom. The molecule has 0 amide bonds. The lowest BCUT2D eigenvalue weighted by molar-refractivity contribution is -0.0214. The summed E-state index contributed by atoms with van der Waals surface area (Å²) in [5, 5.41) is 20.4. The minimum atomic E-state index is 0.0251. The van der Waals surface area contributed by atoms with Crippen molar-refractivity contribution in [3.8, 4) is 0 Å². The zero-order valence-corrected chi connectivity index (χ0v) is 26.1. The lowest BCUT2D eigenvalue weighted by atomic mass is 10.6. The van der Waals surface area contributed by atoms with Crippen LogP contribution in [0.5, 0.6) is 0 Å². The molecule has 0 radical (unpaired) electrons. The van der Waals surface area contributed by atoms with E-state index in [1.165, 1.54) is 0 Å². The summed E-state index contributed by atoms with van der Waals surface area (Å²) in [6.45, 7) is 13.6. The molecule has 0 atom stereocenters. The first-order chi connectivity index (χ1) is 21.4. The summed E-state index contributed by atoms with van der Waals surface area (Å²) < 4.78 is 64.5. The second-order valence-corrected chi connectivity index (χ2v) is 8.55. The van der Waals surface area contributed by atoms with Crippen molar-refractivity contribution in [2.75, 3.05) is 185 Å². The number of hydrogen-bond acceptors (Lipinski definition) is 15. The van der Waals surface area contributed by atoms with Gasteiger partial charge in [0.25, 0.3) is 0 Å². The molecule has 15 nitrogen and oxygen atoms in total. The van der Waals surface area contributed by atoms with Crippen LogP contribution in [0.25, 0.3) is 0 Å². The predicted octanol–water partition coefficient (Wildman–Crippen LogP) is -1.24. The average molecular weight is 634 g/mol. The van der Waals surface area contributed by atoms with Crippen LogP contribution in [0.2, 0.25) is 0 Å². The van der Waals surface area contributed by atoms with E-state index in [4.69, 9.17) is 67.1 Å². The fourth-order valence-corrected chi connectivity index (χ4v) is 2.95. The molecule has 0 aliphatic heterocycles. The van der Waals surface area contributed by atoms with E-state index in [1.807, 2.05) is 0 Å². The third-order valence-corrected chi connectivity index (χ3v) is 5.04. The molecule has 0 saturated carbocycles. The maximum absolute atomic E-state index is 8.57. The van der Waals surface area contributed by atoms with Crippen LogP contribution in [0.15, 0.2) is 0 Å². The fraction of sp³-hybridized carbons (Fsp3) is 1.00. The van der Waals surface area contributed by atoms with E-state index in [9.17, 15) is 0 Å². The molecular formula is C28H59NO14. The molecule has 15 heteroatoms. The Kier molecular flexibility index (Phi) is 40.8. The Morgan fingerprint density at radius 1 is 0.233 bits per heavy atom. The van der Waals surface area contributed by atoms with Gasteiger partial charge in [-0.05, 0) is 0 Å². The summed E-state index contributed by atoms with van der Waals surface area (Å²) in [5.41, 5.74) is 0. The molecule has 0 fully saturated rings. The van der Waals surface area contributed by atoms with Crippen LogP contribution in [0, 0.1) is 0 Å². The summed E-state index contributed by atoms with van der Waals surface area (Å²) in [4.78, 5) is 0. The molecule has 0 aromatic carbocycles. The van der Waals surface area contributed by atoms with Crippen molar-refractivity contribution in [1.29, 1.82) is 0 Å². The summed E-state index contributed by atoms with van der Waals surface area (Å²) in [6, 6.07) is 0. The first kappa shape index (κ1) is 42.4. The SMILES string of the molecule is OCCOCCOCCOCCOCCOCCNCCOCCOCCOCCOCCOCCOCCOCCO. The second kappa shape index (κ2) is 41.4. The van der Waals surface area contributed by atoms with E-state index in [-0.39, 0.29) is 13.2 Å². The Bertz CT molecular complexity index is 445. The van der Waals surface area contributed by atoms with Crippen LogP contribution in [0.3, 0.4) is 0 Å². The van der Waals surface area contributed by atoms with E-state index >= 15 is 0 Å². The monoisotopic (exact) mass is 633 g/mol. The van der Waals surface area contributed by atoms with Gasteiger partial charge in [-0.2, -0.15) is 0 Å². The highest BCUT2D eigenvalue weighted by Crippen LogP contribution is 1.86. The molecule has 260 valence electrons. The molecule has 0 unspecified atom stereocenters. The number of hydrogen-bond donors (Lipinski definition) is 3. The maximum atomic E-state index is 8.57. The average Bonchev–Trinajstić information content (AvgIpc) is 3.02. The highest BCUT2D eigenvalue weighted by atomic mass is 16.6. The van der Waals surface area contributed by atoms with Crippen LogP contribution in [0.4, 0.5) is 0 Å². The first-order valence-corrected chi connectivity index (χ1v) is 15.3. The van der Waals surface area contributed by atoms with Crippen molar-refractivity contribution in [2.45, 2.75) is 0 Å². The van der Waals surface area contributed by atoms with Crippen LogP contribution in [-0.2, 0) is 56.8 Å². The lowest BCUT2D eigenvalue weighted by Crippen LogP contribution is -2.25. The Hall–Kier alpha value is -0.600. The van der Waals surface area contributed by atoms with Crippen molar-refractivity contribution in [2.24, 2.45) is 0 Å². The molecule has 0 heterocycles. The molecule has 0 aromatic rings. The van der Waals surface area contributed by atoms with Gasteiger partial charge in [0.1, 0.15) is 0 Å². The van der Waals surface area contributed by atoms with Gasteiger partial charge in [0.2, 0.25) is 0 Å². The topological polar surface area (TPSA) is 163 Å². The van der Waals surface area contributed by atoms with Crippen molar-refractivity contribution in [3.05, 3.63) is 0 Å². The Morgan fingerprint density at radius 3 is 0.581 bits per heavy atom. The molecular weight excluding hydrogens is 574 g/mol. The largest absolute Gasteiger partial charge is 0.394 e. The fourth-order valence-electron chi connectivity index (χ4n) is 2.95. The Balaban J connectivity index is 3.02. The smallest absolute Gasteiger partial charge is 0.0701 e. The van der Waals surface area contributed by atoms with Crippen LogP contribution >= 0.6 is 0 Å². The number of nitrogens with one attached hydrogen (secondary N) is 1. The molecule has 3 N–H and O–H groups in total. The van der Waals surface area contributed by atoms with Gasteiger partial charge in [0, 0.05) is 13.1 Å². The van der Waals surface area contributed by atoms with Crippen LogP contribution in [-0.4, -0.2) is 195 Å². The van der Waals surface area contributed by atoms with Gasteiger partial charge in [-0.3, -0.25) is 0 Å². The lowest BCUT2D eigenvalue weighted by Gasteiger charge is -2.09. The molecule has 0 spiro atoms. The molecule has 43 heavy (non-hydrogen) atoms. The number of rotatable bonds is 40. The van der Waals surface area contributed by atoms with E-state index in [0.29, 0.717) is 159 Å². The van der Waals surface area contributed by atoms with Gasteiger partial charge in [-0.1, -0.05) is 0 Å². The van der Waals surface area contributed by atoms with Gasteiger partial charge >= 0.3 is 0 Å². The van der Waals surface area contributed by atoms with E-state index in [2.05, 4.69) is 5.32 Å². The highest BCUT2D eigenvalue weighted by Gasteiger charge is 1.96. The zero-order chi connectivity index (χ0) is 31.0. The molecule has 0 aromatic heterocycles. The minimum Gasteiger partial charge on any atom is -0.394 e. The zero-order valence-electron chi connectivity index (χ0n) is 26.1. The highest BCUT2D eigenvalue weighted by molar-refractivity contribution is 4.46. The van der Waals surface area contributed by atoms with E-state index in [0.717, 1.165) is 13.1 Å². The minimum absolute atomic E-state index is 0.0251. The normalized spacial score (nSPS) is 11.6. The van der Waals surface area contributed by atoms with Crippen molar-refractivity contribution >= 4 is 0 Å². The van der Waals surface area contributed by atoms with Gasteiger partial charge in [0.05, 0.1) is 172 Å². The van der Waals surface area contributed by atoms with Crippen LogP contribution in [0.1, 0.15) is 0 Å². The van der Waals surface area contributed by atoms with Gasteiger partial charge in [-0.25, -0.2) is 0 Å². The quantitative estimate of drug-likeness (QED) is 0.0686. The number of aliphatic hydroxyl groups is 2.